The van der Waals surface area contributed by atoms with E-state index in [0.29, 0.717) is 0 Å². The maximum Gasteiger partial charge on any atom is 0.193 e. The van der Waals surface area contributed by atoms with Crippen LogP contribution < -0.4 is 5.32 Å². The van der Waals surface area contributed by atoms with Crippen LogP contribution in [0.15, 0.2) is 15.6 Å². The molecule has 0 amide bonds. The molecule has 8 heteroatoms. The molecule has 0 bridgehead atoms. The highest BCUT2D eigenvalue weighted by molar-refractivity contribution is 14.0. The van der Waals surface area contributed by atoms with Crippen LogP contribution in [0.4, 0.5) is 0 Å². The predicted octanol–water partition coefficient (Wildman–Crippen LogP) is 2.17. The first-order valence-corrected chi connectivity index (χ1v) is 9.96. The number of guanidine groups is 1. The summed E-state index contributed by atoms with van der Waals surface area (Å²) in [6.45, 7) is 8.87. The molecule has 1 aliphatic carbocycles. The molecular formula is C19H35IN6O. The second kappa shape index (κ2) is 11.2. The van der Waals surface area contributed by atoms with Crippen molar-refractivity contribution in [3.63, 3.8) is 0 Å². The monoisotopic (exact) mass is 490 g/mol. The lowest BCUT2D eigenvalue weighted by atomic mass is 10.2. The minimum Gasteiger partial charge on any atom is -0.361 e. The van der Waals surface area contributed by atoms with E-state index in [9.17, 15) is 0 Å². The molecule has 0 radical (unpaired) electrons. The molecule has 2 fully saturated rings. The van der Waals surface area contributed by atoms with Crippen LogP contribution in [-0.4, -0.2) is 85.2 Å². The number of rotatable bonds is 6. The summed E-state index contributed by atoms with van der Waals surface area (Å²) in [5.41, 5.74) is 1.02. The summed E-state index contributed by atoms with van der Waals surface area (Å²) in [5.74, 6) is 1.91. The van der Waals surface area contributed by atoms with Crippen LogP contribution in [0, 0.1) is 6.92 Å². The van der Waals surface area contributed by atoms with Crippen molar-refractivity contribution < 1.29 is 4.52 Å². The zero-order valence-corrected chi connectivity index (χ0v) is 19.3. The first kappa shape index (κ1) is 22.4. The van der Waals surface area contributed by atoms with E-state index >= 15 is 0 Å². The van der Waals surface area contributed by atoms with Gasteiger partial charge in [0.1, 0.15) is 5.76 Å². The topological polar surface area (TPSA) is 60.1 Å². The highest BCUT2D eigenvalue weighted by Gasteiger charge is 2.21. The third-order valence-corrected chi connectivity index (χ3v) is 5.64. The number of nitrogens with one attached hydrogen (secondary N) is 1. The number of aromatic nitrogens is 1. The third-order valence-electron chi connectivity index (χ3n) is 5.64. The van der Waals surface area contributed by atoms with Gasteiger partial charge in [-0.3, -0.25) is 9.89 Å². The van der Waals surface area contributed by atoms with Crippen LogP contribution in [0.5, 0.6) is 0 Å². The van der Waals surface area contributed by atoms with Crippen molar-refractivity contribution in [3.05, 3.63) is 17.5 Å². The normalized spacial score (nSPS) is 19.6. The Morgan fingerprint density at radius 3 is 2.59 bits per heavy atom. The van der Waals surface area contributed by atoms with Crippen molar-refractivity contribution in [3.8, 4) is 0 Å². The number of halogens is 1. The van der Waals surface area contributed by atoms with Crippen LogP contribution in [0.3, 0.4) is 0 Å². The lowest BCUT2D eigenvalue weighted by Gasteiger charge is -2.36. The summed E-state index contributed by atoms with van der Waals surface area (Å²) in [4.78, 5) is 11.8. The van der Waals surface area contributed by atoms with Gasteiger partial charge in [-0.25, -0.2) is 0 Å². The summed E-state index contributed by atoms with van der Waals surface area (Å²) >= 11 is 0. The molecule has 27 heavy (non-hydrogen) atoms. The molecule has 0 aromatic carbocycles. The molecule has 154 valence electrons. The lowest BCUT2D eigenvalue weighted by molar-refractivity contribution is 0.168. The van der Waals surface area contributed by atoms with Gasteiger partial charge >= 0.3 is 0 Å². The van der Waals surface area contributed by atoms with E-state index in [0.717, 1.165) is 69.3 Å². The van der Waals surface area contributed by atoms with Crippen LogP contribution in [0.2, 0.25) is 0 Å². The maximum atomic E-state index is 5.16. The Balaban J connectivity index is 0.00000261. The van der Waals surface area contributed by atoms with Gasteiger partial charge in [0.2, 0.25) is 0 Å². The van der Waals surface area contributed by atoms with E-state index in [2.05, 4.69) is 37.2 Å². The Labute approximate surface area is 180 Å². The SMILES string of the molecule is CN=C(NCCN(C)C1CCCC1)N1CCN(Cc2cc(C)on2)CC1.I. The molecule has 1 saturated heterocycles. The number of likely N-dealkylation sites (N-methyl/N-ethyl adjacent to an activating group) is 1. The van der Waals surface area contributed by atoms with Crippen LogP contribution in [-0.2, 0) is 6.54 Å². The Bertz CT molecular complexity index is 579. The van der Waals surface area contributed by atoms with E-state index in [4.69, 9.17) is 4.52 Å². The molecule has 7 nitrogen and oxygen atoms in total. The van der Waals surface area contributed by atoms with E-state index < -0.39 is 0 Å². The number of hydrogen-bond acceptors (Lipinski definition) is 5. The minimum atomic E-state index is 0. The molecule has 3 rings (SSSR count). The Hall–Kier alpha value is -0.870. The number of aliphatic imine (C=N–C) groups is 1. The zero-order valence-electron chi connectivity index (χ0n) is 17.0. The molecule has 1 aromatic rings. The number of hydrogen-bond donors (Lipinski definition) is 1. The van der Waals surface area contributed by atoms with E-state index in [1.54, 1.807) is 0 Å². The highest BCUT2D eigenvalue weighted by atomic mass is 127. The number of aryl methyl sites for hydroxylation is 1. The fourth-order valence-electron chi connectivity index (χ4n) is 4.04. The molecule has 2 heterocycles. The fourth-order valence-corrected chi connectivity index (χ4v) is 4.04. The van der Waals surface area contributed by atoms with Crippen LogP contribution in [0.1, 0.15) is 37.1 Å². The Morgan fingerprint density at radius 2 is 2.00 bits per heavy atom. The van der Waals surface area contributed by atoms with Gasteiger partial charge < -0.3 is 19.6 Å². The van der Waals surface area contributed by atoms with Crippen LogP contribution >= 0.6 is 24.0 Å². The van der Waals surface area contributed by atoms with Crippen molar-refractivity contribution in [2.45, 2.75) is 45.2 Å². The fraction of sp³-hybridized carbons (Fsp3) is 0.789. The summed E-state index contributed by atoms with van der Waals surface area (Å²) in [6, 6.07) is 2.80. The van der Waals surface area contributed by atoms with Gasteiger partial charge in [-0.05, 0) is 26.8 Å². The van der Waals surface area contributed by atoms with Gasteiger partial charge in [0.05, 0.1) is 5.69 Å². The predicted molar refractivity (Wildman–Crippen MR) is 120 cm³/mol. The summed E-state index contributed by atoms with van der Waals surface area (Å²) < 4.78 is 5.16. The second-order valence-corrected chi connectivity index (χ2v) is 7.58. The third kappa shape index (κ3) is 6.60. The van der Waals surface area contributed by atoms with Gasteiger partial charge in [-0.15, -0.1) is 24.0 Å². The molecule has 0 spiro atoms. The summed E-state index contributed by atoms with van der Waals surface area (Å²) in [6.07, 6.45) is 5.50. The second-order valence-electron chi connectivity index (χ2n) is 7.58. The van der Waals surface area contributed by atoms with Crippen molar-refractivity contribution in [2.75, 3.05) is 53.4 Å². The van der Waals surface area contributed by atoms with Gasteiger partial charge in [0.15, 0.2) is 5.96 Å². The average molecular weight is 490 g/mol. The van der Waals surface area contributed by atoms with E-state index in [1.807, 2.05) is 20.0 Å². The van der Waals surface area contributed by atoms with Crippen molar-refractivity contribution in [2.24, 2.45) is 4.99 Å². The Kier molecular flexibility index (Phi) is 9.31. The first-order valence-electron chi connectivity index (χ1n) is 9.96. The number of nitrogens with zero attached hydrogens (tertiary/aromatic N) is 5. The van der Waals surface area contributed by atoms with E-state index in [-0.39, 0.29) is 24.0 Å². The molecule has 1 aromatic heterocycles. The van der Waals surface area contributed by atoms with Gasteiger partial charge in [-0.2, -0.15) is 0 Å². The molecular weight excluding hydrogens is 455 g/mol. The zero-order chi connectivity index (χ0) is 18.4. The largest absolute Gasteiger partial charge is 0.361 e. The smallest absolute Gasteiger partial charge is 0.193 e. The van der Waals surface area contributed by atoms with Crippen molar-refractivity contribution in [1.82, 2.24) is 25.2 Å². The van der Waals surface area contributed by atoms with Gasteiger partial charge in [-0.1, -0.05) is 18.0 Å². The lowest BCUT2D eigenvalue weighted by Crippen LogP contribution is -2.53. The molecule has 1 aliphatic heterocycles. The molecule has 1 saturated carbocycles. The highest BCUT2D eigenvalue weighted by Crippen LogP contribution is 2.21. The Morgan fingerprint density at radius 1 is 1.30 bits per heavy atom. The molecule has 0 atom stereocenters. The average Bonchev–Trinajstić information content (AvgIpc) is 3.31. The standard InChI is InChI=1S/C19H34N6O.HI/c1-16-14-17(22-26-16)15-24-10-12-25(13-11-24)19(20-2)21-8-9-23(3)18-6-4-5-7-18;/h14,18H,4-13,15H2,1-3H3,(H,20,21);1H. The minimum absolute atomic E-state index is 0. The van der Waals surface area contributed by atoms with E-state index in [1.165, 1.54) is 25.7 Å². The molecule has 0 unspecified atom stereocenters. The summed E-state index contributed by atoms with van der Waals surface area (Å²) in [5, 5.41) is 7.65. The van der Waals surface area contributed by atoms with Crippen molar-refractivity contribution >= 4 is 29.9 Å². The molecule has 2 aliphatic rings. The van der Waals surface area contributed by atoms with Gasteiger partial charge in [0, 0.05) is 65.0 Å². The molecule has 1 N–H and O–H groups in total. The summed E-state index contributed by atoms with van der Waals surface area (Å²) in [7, 11) is 4.14. The van der Waals surface area contributed by atoms with Crippen LogP contribution in [0.25, 0.3) is 0 Å². The maximum absolute atomic E-state index is 5.16. The first-order chi connectivity index (χ1) is 12.7. The quantitative estimate of drug-likeness (QED) is 0.375. The van der Waals surface area contributed by atoms with Gasteiger partial charge in [0.25, 0.3) is 0 Å². The number of piperazine rings is 1. The van der Waals surface area contributed by atoms with Crippen molar-refractivity contribution in [1.29, 1.82) is 0 Å².